The Bertz CT molecular complexity index is 1270. The van der Waals surface area contributed by atoms with Gasteiger partial charge in [-0.2, -0.15) is 4.98 Å². The van der Waals surface area contributed by atoms with Crippen molar-refractivity contribution in [1.82, 2.24) is 14.8 Å². The molecule has 5 rings (SSSR count). The first-order valence-corrected chi connectivity index (χ1v) is 10.4. The molecule has 0 saturated heterocycles. The number of aromatic nitrogens is 3. The summed E-state index contributed by atoms with van der Waals surface area (Å²) in [6.07, 6.45) is 1.94. The molecule has 3 aromatic rings. The minimum atomic E-state index is -0.539. The molecular weight excluding hydrogens is 441 g/mol. The third-order valence-electron chi connectivity index (χ3n) is 5.46. The molecule has 1 aliphatic carbocycles. The Hall–Kier alpha value is -3.23. The predicted octanol–water partition coefficient (Wildman–Crippen LogP) is 5.18. The van der Waals surface area contributed by atoms with E-state index in [9.17, 15) is 14.9 Å². The molecule has 0 spiro atoms. The normalized spacial score (nSPS) is 17.7. The highest BCUT2D eigenvalue weighted by molar-refractivity contribution is 6.35. The molecular formula is C21H15Cl2N5O3. The average Bonchev–Trinajstić information content (AvgIpc) is 3.17. The predicted molar refractivity (Wildman–Crippen MR) is 116 cm³/mol. The van der Waals surface area contributed by atoms with E-state index >= 15 is 0 Å². The number of rotatable bonds is 3. The van der Waals surface area contributed by atoms with Gasteiger partial charge in [0.1, 0.15) is 6.04 Å². The van der Waals surface area contributed by atoms with Gasteiger partial charge in [-0.25, -0.2) is 4.68 Å². The van der Waals surface area contributed by atoms with Crippen LogP contribution in [0.15, 0.2) is 53.7 Å². The van der Waals surface area contributed by atoms with Gasteiger partial charge in [-0.05, 0) is 37.1 Å². The largest absolute Gasteiger partial charge is 0.328 e. The number of nitro groups is 1. The zero-order valence-electron chi connectivity index (χ0n) is 16.0. The maximum absolute atomic E-state index is 12.9. The lowest BCUT2D eigenvalue weighted by Gasteiger charge is -2.32. The van der Waals surface area contributed by atoms with E-state index in [1.54, 1.807) is 35.0 Å². The van der Waals surface area contributed by atoms with E-state index in [0.717, 1.165) is 18.5 Å². The Morgan fingerprint density at radius 3 is 2.61 bits per heavy atom. The van der Waals surface area contributed by atoms with Crippen LogP contribution in [0.5, 0.6) is 0 Å². The van der Waals surface area contributed by atoms with E-state index in [4.69, 9.17) is 23.2 Å². The van der Waals surface area contributed by atoms with E-state index in [2.05, 4.69) is 15.4 Å². The van der Waals surface area contributed by atoms with Gasteiger partial charge in [-0.15, -0.1) is 5.10 Å². The summed E-state index contributed by atoms with van der Waals surface area (Å²) in [7, 11) is 0. The number of anilines is 1. The van der Waals surface area contributed by atoms with Crippen LogP contribution in [-0.4, -0.2) is 25.5 Å². The monoisotopic (exact) mass is 455 g/mol. The second-order valence-corrected chi connectivity index (χ2v) is 8.21. The lowest BCUT2D eigenvalue weighted by molar-refractivity contribution is -0.384. The molecule has 10 heteroatoms. The molecule has 0 bridgehead atoms. The fourth-order valence-corrected chi connectivity index (χ4v) is 4.53. The maximum Gasteiger partial charge on any atom is 0.269 e. The highest BCUT2D eigenvalue weighted by Gasteiger charge is 2.37. The summed E-state index contributed by atoms with van der Waals surface area (Å²) in [6, 6.07) is 10.6. The quantitative estimate of drug-likeness (QED) is 0.430. The standard InChI is InChI=1S/C21H15Cl2N5O3/c22-12-6-9-14(15(23)10-12)19-18-16(2-1-3-17(18)29)24-21-25-20(26-27(19)21)11-4-7-13(8-5-11)28(30)31/h4-10,19H,1-3H2,(H,24,25,26). The van der Waals surface area contributed by atoms with Crippen LogP contribution in [0.25, 0.3) is 11.4 Å². The number of nitro benzene ring substituents is 1. The Morgan fingerprint density at radius 2 is 1.90 bits per heavy atom. The van der Waals surface area contributed by atoms with Gasteiger partial charge in [-0.1, -0.05) is 29.3 Å². The number of hydrogen-bond acceptors (Lipinski definition) is 6. The van der Waals surface area contributed by atoms with Crippen molar-refractivity contribution in [3.05, 3.63) is 79.5 Å². The molecule has 0 radical (unpaired) electrons. The van der Waals surface area contributed by atoms with Gasteiger partial charge >= 0.3 is 0 Å². The first-order valence-electron chi connectivity index (χ1n) is 9.62. The summed E-state index contributed by atoms with van der Waals surface area (Å²) in [4.78, 5) is 28.0. The number of carbonyl (C=O) groups is 1. The van der Waals surface area contributed by atoms with Crippen LogP contribution in [0.1, 0.15) is 30.9 Å². The number of halogens is 2. The molecule has 0 fully saturated rings. The third kappa shape index (κ3) is 3.37. The highest BCUT2D eigenvalue weighted by atomic mass is 35.5. The van der Waals surface area contributed by atoms with Crippen molar-refractivity contribution >= 4 is 40.6 Å². The fraction of sp³-hybridized carbons (Fsp3) is 0.190. The molecule has 2 heterocycles. The number of carbonyl (C=O) groups excluding carboxylic acids is 1. The summed E-state index contributed by atoms with van der Waals surface area (Å²) in [5.41, 5.74) is 2.77. The van der Waals surface area contributed by atoms with Gasteiger partial charge in [0.15, 0.2) is 11.6 Å². The first kappa shape index (κ1) is 19.7. The Kier molecular flexibility index (Phi) is 4.75. The van der Waals surface area contributed by atoms with E-state index in [-0.39, 0.29) is 11.5 Å². The Morgan fingerprint density at radius 1 is 1.13 bits per heavy atom. The first-order chi connectivity index (χ1) is 14.9. The van der Waals surface area contributed by atoms with Crippen LogP contribution < -0.4 is 5.32 Å². The third-order valence-corrected chi connectivity index (χ3v) is 6.02. The molecule has 0 saturated carbocycles. The zero-order chi connectivity index (χ0) is 21.7. The zero-order valence-corrected chi connectivity index (χ0v) is 17.5. The molecule has 1 atom stereocenters. The molecule has 1 N–H and O–H groups in total. The lowest BCUT2D eigenvalue weighted by atomic mass is 9.85. The second kappa shape index (κ2) is 7.47. The Balaban J connectivity index is 1.65. The highest BCUT2D eigenvalue weighted by Crippen LogP contribution is 2.43. The van der Waals surface area contributed by atoms with Crippen LogP contribution in [0.3, 0.4) is 0 Å². The number of Topliss-reactive ketones (excluding diaryl/α,β-unsaturated/α-hetero) is 1. The van der Waals surface area contributed by atoms with E-state index in [1.165, 1.54) is 12.1 Å². The van der Waals surface area contributed by atoms with Gasteiger partial charge in [0, 0.05) is 51.0 Å². The van der Waals surface area contributed by atoms with Crippen LogP contribution in [0.2, 0.25) is 10.0 Å². The van der Waals surface area contributed by atoms with Gasteiger partial charge in [0.2, 0.25) is 5.95 Å². The van der Waals surface area contributed by atoms with Crippen molar-refractivity contribution in [2.24, 2.45) is 0 Å². The molecule has 31 heavy (non-hydrogen) atoms. The van der Waals surface area contributed by atoms with Gasteiger partial charge in [-0.3, -0.25) is 14.9 Å². The minimum Gasteiger partial charge on any atom is -0.328 e. The van der Waals surface area contributed by atoms with Crippen molar-refractivity contribution in [3.8, 4) is 11.4 Å². The Labute approximate surface area is 186 Å². The number of benzene rings is 2. The van der Waals surface area contributed by atoms with Crippen LogP contribution in [-0.2, 0) is 4.79 Å². The van der Waals surface area contributed by atoms with E-state index in [0.29, 0.717) is 44.9 Å². The van der Waals surface area contributed by atoms with Crippen LogP contribution in [0, 0.1) is 10.1 Å². The van der Waals surface area contributed by atoms with Gasteiger partial charge < -0.3 is 5.32 Å². The van der Waals surface area contributed by atoms with Crippen molar-refractivity contribution < 1.29 is 9.72 Å². The summed E-state index contributed by atoms with van der Waals surface area (Å²) in [5, 5.41) is 19.8. The number of hydrogen-bond donors (Lipinski definition) is 1. The van der Waals surface area contributed by atoms with E-state index in [1.807, 2.05) is 0 Å². The van der Waals surface area contributed by atoms with Crippen LogP contribution >= 0.6 is 23.2 Å². The average molecular weight is 456 g/mol. The molecule has 2 aliphatic rings. The minimum absolute atomic E-state index is 0.0144. The van der Waals surface area contributed by atoms with Crippen LogP contribution in [0.4, 0.5) is 11.6 Å². The fourth-order valence-electron chi connectivity index (χ4n) is 4.02. The van der Waals surface area contributed by atoms with Crippen molar-refractivity contribution in [2.75, 3.05) is 5.32 Å². The summed E-state index contributed by atoms with van der Waals surface area (Å²) in [6.45, 7) is 0. The van der Waals surface area contributed by atoms with Crippen molar-refractivity contribution in [2.45, 2.75) is 25.3 Å². The number of nitrogens with one attached hydrogen (secondary N) is 1. The maximum atomic E-state index is 12.9. The summed E-state index contributed by atoms with van der Waals surface area (Å²) in [5.74, 6) is 0.917. The SMILES string of the molecule is O=C1CCCC2=C1C(c1ccc(Cl)cc1Cl)n1nc(-c3ccc([N+](=O)[O-])cc3)nc1N2. The topological polar surface area (TPSA) is 103 Å². The lowest BCUT2D eigenvalue weighted by Crippen LogP contribution is -2.31. The molecule has 156 valence electrons. The number of nitrogens with zero attached hydrogens (tertiary/aromatic N) is 4. The molecule has 8 nitrogen and oxygen atoms in total. The van der Waals surface area contributed by atoms with Crippen molar-refractivity contribution in [3.63, 3.8) is 0 Å². The van der Waals surface area contributed by atoms with Gasteiger partial charge in [0.25, 0.3) is 5.69 Å². The number of ketones is 1. The molecule has 1 unspecified atom stereocenters. The second-order valence-electron chi connectivity index (χ2n) is 7.37. The molecule has 2 aromatic carbocycles. The molecule has 1 aromatic heterocycles. The number of allylic oxidation sites excluding steroid dienone is 2. The number of fused-ring (bicyclic) bond motifs is 1. The van der Waals surface area contributed by atoms with Crippen molar-refractivity contribution in [1.29, 1.82) is 0 Å². The van der Waals surface area contributed by atoms with Gasteiger partial charge in [0.05, 0.1) is 4.92 Å². The molecule has 1 aliphatic heterocycles. The smallest absolute Gasteiger partial charge is 0.269 e. The van der Waals surface area contributed by atoms with E-state index < -0.39 is 11.0 Å². The summed E-state index contributed by atoms with van der Waals surface area (Å²) < 4.78 is 1.65. The molecule has 0 amide bonds. The number of non-ortho nitro benzene ring substituents is 1. The summed E-state index contributed by atoms with van der Waals surface area (Å²) >= 11 is 12.6.